The fourth-order valence-electron chi connectivity index (χ4n) is 2.62. The summed E-state index contributed by atoms with van der Waals surface area (Å²) in [5.74, 6) is -0.573. The molecule has 0 aliphatic carbocycles. The summed E-state index contributed by atoms with van der Waals surface area (Å²) in [5, 5.41) is 0. The van der Waals surface area contributed by atoms with Gasteiger partial charge in [-0.3, -0.25) is 4.79 Å². The molecule has 0 radical (unpaired) electrons. The number of nitrogens with zero attached hydrogens (tertiary/aromatic N) is 2. The minimum Gasteiger partial charge on any atom is -0.366 e. The number of hydrogen-bond acceptors (Lipinski definition) is 5. The summed E-state index contributed by atoms with van der Waals surface area (Å²) in [6.45, 7) is 5.75. The summed E-state index contributed by atoms with van der Waals surface area (Å²) >= 11 is 0. The smallest absolute Gasteiger partial charge is 0.248 e. The van der Waals surface area contributed by atoms with Crippen LogP contribution in [-0.4, -0.2) is 70.4 Å². The first-order valence-corrected chi connectivity index (χ1v) is 9.67. The van der Waals surface area contributed by atoms with Gasteiger partial charge >= 0.3 is 0 Å². The van der Waals surface area contributed by atoms with E-state index in [0.717, 1.165) is 45.6 Å². The Hall–Kier alpha value is -1.48. The lowest BCUT2D eigenvalue weighted by Gasteiger charge is -2.32. The fourth-order valence-corrected chi connectivity index (χ4v) is 3.69. The monoisotopic (exact) mass is 354 g/mol. The molecule has 134 valence electrons. The molecule has 2 rings (SSSR count). The van der Waals surface area contributed by atoms with Gasteiger partial charge < -0.3 is 15.5 Å². The molecule has 0 unspecified atom stereocenters. The predicted octanol–water partition coefficient (Wildman–Crippen LogP) is 0.0914. The fraction of sp³-hybridized carbons (Fsp3) is 0.562. The highest BCUT2D eigenvalue weighted by atomic mass is 32.2. The first-order chi connectivity index (χ1) is 11.4. The number of amides is 1. The third-order valence-electron chi connectivity index (χ3n) is 4.24. The van der Waals surface area contributed by atoms with E-state index in [2.05, 4.69) is 21.6 Å². The van der Waals surface area contributed by atoms with Crippen molar-refractivity contribution >= 4 is 15.9 Å². The van der Waals surface area contributed by atoms with Crippen LogP contribution in [0.3, 0.4) is 0 Å². The molecular formula is C16H26N4O3S. The zero-order chi connectivity index (χ0) is 17.6. The summed E-state index contributed by atoms with van der Waals surface area (Å²) in [6, 6.07) is 5.63. The minimum atomic E-state index is -3.54. The number of benzene rings is 1. The van der Waals surface area contributed by atoms with E-state index in [-0.39, 0.29) is 4.90 Å². The molecule has 7 nitrogen and oxygen atoms in total. The van der Waals surface area contributed by atoms with Gasteiger partial charge in [0.25, 0.3) is 0 Å². The lowest BCUT2D eigenvalue weighted by Crippen LogP contribution is -2.44. The molecule has 1 amide bonds. The summed E-state index contributed by atoms with van der Waals surface area (Å²) in [6.07, 6.45) is 1.76. The number of nitrogens with two attached hydrogens (primary N) is 1. The number of likely N-dealkylation sites (N-methyl/N-ethyl adjacent to an activating group) is 1. The molecule has 1 aromatic carbocycles. The van der Waals surface area contributed by atoms with Gasteiger partial charge in [0.1, 0.15) is 0 Å². The zero-order valence-corrected chi connectivity index (χ0v) is 14.9. The van der Waals surface area contributed by atoms with Crippen LogP contribution >= 0.6 is 0 Å². The van der Waals surface area contributed by atoms with Crippen molar-refractivity contribution in [2.75, 3.05) is 46.3 Å². The topological polar surface area (TPSA) is 95.7 Å². The van der Waals surface area contributed by atoms with Gasteiger partial charge in [0, 0.05) is 38.3 Å². The molecule has 0 saturated carbocycles. The van der Waals surface area contributed by atoms with Crippen LogP contribution in [0.4, 0.5) is 0 Å². The minimum absolute atomic E-state index is 0.145. The number of hydrogen-bond donors (Lipinski definition) is 2. The molecule has 1 fully saturated rings. The first-order valence-electron chi connectivity index (χ1n) is 8.19. The lowest BCUT2D eigenvalue weighted by atomic mass is 10.2. The highest BCUT2D eigenvalue weighted by Crippen LogP contribution is 2.10. The van der Waals surface area contributed by atoms with Gasteiger partial charge in [-0.1, -0.05) is 0 Å². The Labute approximate surface area is 143 Å². The average Bonchev–Trinajstić information content (AvgIpc) is 2.56. The Morgan fingerprint density at radius 3 is 2.33 bits per heavy atom. The Morgan fingerprint density at radius 2 is 1.75 bits per heavy atom. The van der Waals surface area contributed by atoms with Crippen LogP contribution in [0, 0.1) is 0 Å². The Balaban J connectivity index is 1.71. The summed E-state index contributed by atoms with van der Waals surface area (Å²) in [4.78, 5) is 15.9. The molecule has 0 aromatic heterocycles. The van der Waals surface area contributed by atoms with Gasteiger partial charge in [-0.15, -0.1) is 0 Å². The molecule has 1 aliphatic heterocycles. The molecule has 1 saturated heterocycles. The quantitative estimate of drug-likeness (QED) is 0.645. The van der Waals surface area contributed by atoms with Crippen molar-refractivity contribution in [3.63, 3.8) is 0 Å². The molecule has 0 spiro atoms. The standard InChI is InChI=1S/C16H26N4O3S/c1-19-10-12-20(13-11-19)9-3-2-8-18-24(22,23)15-6-4-14(5-7-15)16(17)21/h4-7,18H,2-3,8-13H2,1H3,(H2,17,21). The van der Waals surface area contributed by atoms with Crippen molar-refractivity contribution in [3.8, 4) is 0 Å². The van der Waals surface area contributed by atoms with Gasteiger partial charge in [-0.2, -0.15) is 0 Å². The van der Waals surface area contributed by atoms with Crippen LogP contribution in [0.25, 0.3) is 0 Å². The van der Waals surface area contributed by atoms with E-state index in [4.69, 9.17) is 5.73 Å². The summed E-state index contributed by atoms with van der Waals surface area (Å²) < 4.78 is 26.9. The van der Waals surface area contributed by atoms with E-state index >= 15 is 0 Å². The number of carbonyl (C=O) groups excluding carboxylic acids is 1. The molecule has 1 aliphatic rings. The van der Waals surface area contributed by atoms with Crippen LogP contribution in [0.15, 0.2) is 29.2 Å². The maximum absolute atomic E-state index is 12.2. The van der Waals surface area contributed by atoms with Gasteiger partial charge in [0.2, 0.25) is 15.9 Å². The normalized spacial score (nSPS) is 17.0. The van der Waals surface area contributed by atoms with E-state index in [1.165, 1.54) is 24.3 Å². The highest BCUT2D eigenvalue weighted by molar-refractivity contribution is 7.89. The Bertz CT molecular complexity index is 638. The number of sulfonamides is 1. The van der Waals surface area contributed by atoms with Crippen LogP contribution in [-0.2, 0) is 10.0 Å². The van der Waals surface area contributed by atoms with Crippen molar-refractivity contribution in [1.82, 2.24) is 14.5 Å². The van der Waals surface area contributed by atoms with Crippen LogP contribution in [0.5, 0.6) is 0 Å². The lowest BCUT2D eigenvalue weighted by molar-refractivity contribution is 0.1000. The molecule has 1 heterocycles. The molecule has 0 bridgehead atoms. The Kier molecular flexibility index (Phi) is 6.73. The predicted molar refractivity (Wildman–Crippen MR) is 93.3 cm³/mol. The summed E-state index contributed by atoms with van der Waals surface area (Å²) in [5.41, 5.74) is 5.44. The number of nitrogens with one attached hydrogen (secondary N) is 1. The average molecular weight is 354 g/mol. The van der Waals surface area contributed by atoms with Gasteiger partial charge in [-0.05, 0) is 50.7 Å². The number of unbranched alkanes of at least 4 members (excludes halogenated alkanes) is 1. The summed E-state index contributed by atoms with van der Waals surface area (Å²) in [7, 11) is -1.41. The van der Waals surface area contributed by atoms with Gasteiger partial charge in [0.15, 0.2) is 0 Å². The largest absolute Gasteiger partial charge is 0.366 e. The van der Waals surface area contributed by atoms with Crippen LogP contribution in [0.2, 0.25) is 0 Å². The van der Waals surface area contributed by atoms with E-state index in [1.54, 1.807) is 0 Å². The number of primary amides is 1. The number of carbonyl (C=O) groups is 1. The SMILES string of the molecule is CN1CCN(CCCCNS(=O)(=O)c2ccc(C(N)=O)cc2)CC1. The van der Waals surface area contributed by atoms with E-state index in [9.17, 15) is 13.2 Å². The highest BCUT2D eigenvalue weighted by Gasteiger charge is 2.15. The van der Waals surface area contributed by atoms with Crippen molar-refractivity contribution in [2.45, 2.75) is 17.7 Å². The molecule has 0 atom stereocenters. The number of rotatable bonds is 8. The van der Waals surface area contributed by atoms with Gasteiger partial charge in [0.05, 0.1) is 4.90 Å². The van der Waals surface area contributed by atoms with Crippen molar-refractivity contribution in [2.24, 2.45) is 5.73 Å². The Morgan fingerprint density at radius 1 is 1.12 bits per heavy atom. The molecular weight excluding hydrogens is 328 g/mol. The third kappa shape index (κ3) is 5.55. The van der Waals surface area contributed by atoms with Crippen LogP contribution in [0.1, 0.15) is 23.2 Å². The molecule has 1 aromatic rings. The van der Waals surface area contributed by atoms with Crippen LogP contribution < -0.4 is 10.5 Å². The molecule has 24 heavy (non-hydrogen) atoms. The molecule has 8 heteroatoms. The van der Waals surface area contributed by atoms with Crippen molar-refractivity contribution in [3.05, 3.63) is 29.8 Å². The number of piperazine rings is 1. The maximum atomic E-state index is 12.2. The first kappa shape index (κ1) is 18.9. The zero-order valence-electron chi connectivity index (χ0n) is 14.1. The second-order valence-electron chi connectivity index (χ2n) is 6.14. The third-order valence-corrected chi connectivity index (χ3v) is 5.72. The maximum Gasteiger partial charge on any atom is 0.248 e. The molecule has 3 N–H and O–H groups in total. The van der Waals surface area contributed by atoms with Gasteiger partial charge in [-0.25, -0.2) is 13.1 Å². The van der Waals surface area contributed by atoms with E-state index < -0.39 is 15.9 Å². The van der Waals surface area contributed by atoms with Crippen molar-refractivity contribution < 1.29 is 13.2 Å². The van der Waals surface area contributed by atoms with Crippen molar-refractivity contribution in [1.29, 1.82) is 0 Å². The second-order valence-corrected chi connectivity index (χ2v) is 7.91. The second kappa shape index (κ2) is 8.57. The van der Waals surface area contributed by atoms with E-state index in [1.807, 2.05) is 0 Å². The van der Waals surface area contributed by atoms with E-state index in [0.29, 0.717) is 12.1 Å².